The Kier molecular flexibility index (Phi) is 6.10. The average Bonchev–Trinajstić information content (AvgIpc) is 2.99. The van der Waals surface area contributed by atoms with Crippen LogP contribution in [0.5, 0.6) is 0 Å². The minimum Gasteiger partial charge on any atom is -0.481 e. The van der Waals surface area contributed by atoms with Crippen molar-refractivity contribution in [2.45, 2.75) is 44.7 Å². The van der Waals surface area contributed by atoms with Crippen molar-refractivity contribution in [1.82, 2.24) is 10.6 Å². The van der Waals surface area contributed by atoms with Crippen molar-refractivity contribution in [2.24, 2.45) is 0 Å². The number of fused-ring (bicyclic) bond motifs is 3. The molecule has 0 spiro atoms. The molecule has 0 saturated heterocycles. The first kappa shape index (κ1) is 21.4. The van der Waals surface area contributed by atoms with E-state index in [0.717, 1.165) is 22.3 Å². The molecule has 30 heavy (non-hydrogen) atoms. The summed E-state index contributed by atoms with van der Waals surface area (Å²) < 4.78 is 5.43. The highest BCUT2D eigenvalue weighted by Gasteiger charge is 2.30. The average molecular weight is 410 g/mol. The van der Waals surface area contributed by atoms with Gasteiger partial charge in [-0.15, -0.1) is 0 Å². The fourth-order valence-electron chi connectivity index (χ4n) is 3.75. The first-order valence-electron chi connectivity index (χ1n) is 9.83. The predicted molar refractivity (Wildman–Crippen MR) is 112 cm³/mol. The highest BCUT2D eigenvalue weighted by Crippen LogP contribution is 2.44. The van der Waals surface area contributed by atoms with Crippen molar-refractivity contribution >= 4 is 18.0 Å². The van der Waals surface area contributed by atoms with Crippen LogP contribution in [0.15, 0.2) is 48.5 Å². The SMILES string of the molecule is C[C@@H](NC(=O)OCC1c2ccccc2-c2ccccc21)C(=O)NC(C)(C)CC(=O)O. The number of alkyl carbamates (subject to hydrolysis) is 1. The molecule has 158 valence electrons. The third-order valence-corrected chi connectivity index (χ3v) is 5.13. The van der Waals surface area contributed by atoms with E-state index in [1.165, 1.54) is 6.92 Å². The van der Waals surface area contributed by atoms with E-state index in [2.05, 4.69) is 22.8 Å². The quantitative estimate of drug-likeness (QED) is 0.650. The summed E-state index contributed by atoms with van der Waals surface area (Å²) in [6, 6.07) is 15.2. The van der Waals surface area contributed by atoms with Gasteiger partial charge in [0.2, 0.25) is 5.91 Å². The molecule has 0 aliphatic heterocycles. The smallest absolute Gasteiger partial charge is 0.407 e. The Balaban J connectivity index is 1.59. The van der Waals surface area contributed by atoms with Gasteiger partial charge in [-0.3, -0.25) is 9.59 Å². The number of carboxylic acids is 1. The molecule has 1 atom stereocenters. The molecule has 1 aliphatic carbocycles. The van der Waals surface area contributed by atoms with Crippen molar-refractivity contribution < 1.29 is 24.2 Å². The number of rotatable bonds is 7. The van der Waals surface area contributed by atoms with E-state index >= 15 is 0 Å². The van der Waals surface area contributed by atoms with Crippen LogP contribution in [0.25, 0.3) is 11.1 Å². The molecule has 1 aliphatic rings. The van der Waals surface area contributed by atoms with Gasteiger partial charge in [-0.05, 0) is 43.0 Å². The molecule has 2 aromatic rings. The van der Waals surface area contributed by atoms with Crippen molar-refractivity contribution in [2.75, 3.05) is 6.61 Å². The van der Waals surface area contributed by atoms with Gasteiger partial charge in [0.25, 0.3) is 0 Å². The van der Waals surface area contributed by atoms with Crippen molar-refractivity contribution in [3.8, 4) is 11.1 Å². The lowest BCUT2D eigenvalue weighted by Crippen LogP contribution is -2.52. The molecular weight excluding hydrogens is 384 g/mol. The highest BCUT2D eigenvalue weighted by atomic mass is 16.5. The highest BCUT2D eigenvalue weighted by molar-refractivity contribution is 5.86. The van der Waals surface area contributed by atoms with Crippen LogP contribution in [0.4, 0.5) is 4.79 Å². The van der Waals surface area contributed by atoms with Crippen molar-refractivity contribution in [1.29, 1.82) is 0 Å². The second kappa shape index (κ2) is 8.57. The molecule has 3 N–H and O–H groups in total. The lowest BCUT2D eigenvalue weighted by atomic mass is 9.98. The van der Waals surface area contributed by atoms with Gasteiger partial charge in [0, 0.05) is 11.5 Å². The number of ether oxygens (including phenoxy) is 1. The Morgan fingerprint density at radius 3 is 2.10 bits per heavy atom. The first-order chi connectivity index (χ1) is 14.2. The summed E-state index contributed by atoms with van der Waals surface area (Å²) in [5.41, 5.74) is 3.55. The third-order valence-electron chi connectivity index (χ3n) is 5.13. The lowest BCUT2D eigenvalue weighted by Gasteiger charge is -2.26. The second-order valence-electron chi connectivity index (χ2n) is 8.14. The van der Waals surface area contributed by atoms with Crippen molar-refractivity contribution in [3.05, 3.63) is 59.7 Å². The Labute approximate surface area is 175 Å². The summed E-state index contributed by atoms with van der Waals surface area (Å²) in [7, 11) is 0. The molecule has 7 nitrogen and oxygen atoms in total. The Bertz CT molecular complexity index is 924. The van der Waals surface area contributed by atoms with Crippen LogP contribution < -0.4 is 10.6 Å². The number of carbonyl (C=O) groups is 3. The van der Waals surface area contributed by atoms with E-state index in [-0.39, 0.29) is 18.9 Å². The van der Waals surface area contributed by atoms with Crippen LogP contribution >= 0.6 is 0 Å². The molecule has 0 heterocycles. The summed E-state index contributed by atoms with van der Waals surface area (Å²) in [5, 5.41) is 14.1. The fourth-order valence-corrected chi connectivity index (χ4v) is 3.75. The fraction of sp³-hybridized carbons (Fsp3) is 0.348. The van der Waals surface area contributed by atoms with Crippen LogP contribution in [0.3, 0.4) is 0 Å². The van der Waals surface area contributed by atoms with E-state index in [1.807, 2.05) is 36.4 Å². The number of nitrogens with one attached hydrogen (secondary N) is 2. The standard InChI is InChI=1S/C23H26N2O5/c1-14(21(28)25-23(2,3)12-20(26)27)24-22(29)30-13-19-17-10-6-4-8-15(17)16-9-5-7-11-18(16)19/h4-11,14,19H,12-13H2,1-3H3,(H,24,29)(H,25,28)(H,26,27)/t14-/m1/s1. The van der Waals surface area contributed by atoms with Gasteiger partial charge < -0.3 is 20.5 Å². The number of benzene rings is 2. The van der Waals surface area contributed by atoms with E-state index in [0.29, 0.717) is 0 Å². The van der Waals surface area contributed by atoms with E-state index in [4.69, 9.17) is 9.84 Å². The maximum atomic E-state index is 12.3. The molecular formula is C23H26N2O5. The summed E-state index contributed by atoms with van der Waals surface area (Å²) in [5.74, 6) is -1.56. The Morgan fingerprint density at radius 2 is 1.57 bits per heavy atom. The molecule has 2 amide bonds. The molecule has 0 bridgehead atoms. The number of carbonyl (C=O) groups excluding carboxylic acids is 2. The summed E-state index contributed by atoms with van der Waals surface area (Å²) >= 11 is 0. The summed E-state index contributed by atoms with van der Waals surface area (Å²) in [6.07, 6.45) is -0.924. The van der Waals surface area contributed by atoms with Crippen molar-refractivity contribution in [3.63, 3.8) is 0 Å². The number of aliphatic carboxylic acids is 1. The molecule has 0 saturated carbocycles. The normalized spacial score (nSPS) is 13.7. The summed E-state index contributed by atoms with van der Waals surface area (Å²) in [6.45, 7) is 4.89. The molecule has 0 unspecified atom stereocenters. The van der Waals surface area contributed by atoms with E-state index in [9.17, 15) is 14.4 Å². The molecule has 2 aromatic carbocycles. The Morgan fingerprint density at radius 1 is 1.03 bits per heavy atom. The van der Waals surface area contributed by atoms with Gasteiger partial charge in [-0.2, -0.15) is 0 Å². The molecule has 7 heteroatoms. The van der Waals surface area contributed by atoms with E-state index in [1.54, 1.807) is 13.8 Å². The van der Waals surface area contributed by atoms with Gasteiger partial charge in [-0.25, -0.2) is 4.79 Å². The third kappa shape index (κ3) is 4.79. The monoisotopic (exact) mass is 410 g/mol. The number of amides is 2. The van der Waals surface area contributed by atoms with Crippen LogP contribution in [-0.4, -0.2) is 41.3 Å². The van der Waals surface area contributed by atoms with Gasteiger partial charge in [0.05, 0.1) is 6.42 Å². The van der Waals surface area contributed by atoms with Gasteiger partial charge in [-0.1, -0.05) is 48.5 Å². The minimum absolute atomic E-state index is 0.0678. The summed E-state index contributed by atoms with van der Waals surface area (Å²) in [4.78, 5) is 35.5. The zero-order valence-electron chi connectivity index (χ0n) is 17.3. The Hall–Kier alpha value is -3.35. The second-order valence-corrected chi connectivity index (χ2v) is 8.14. The lowest BCUT2D eigenvalue weighted by molar-refractivity contribution is -0.138. The largest absolute Gasteiger partial charge is 0.481 e. The van der Waals surface area contributed by atoms with Crippen LogP contribution in [0.2, 0.25) is 0 Å². The van der Waals surface area contributed by atoms with E-state index < -0.39 is 29.6 Å². The number of hydrogen-bond acceptors (Lipinski definition) is 4. The van der Waals surface area contributed by atoms with Gasteiger partial charge >= 0.3 is 12.1 Å². The maximum Gasteiger partial charge on any atom is 0.407 e. The van der Waals surface area contributed by atoms with Gasteiger partial charge in [0.1, 0.15) is 12.6 Å². The minimum atomic E-state index is -1.02. The predicted octanol–water partition coefficient (Wildman–Crippen LogP) is 3.28. The first-order valence-corrected chi connectivity index (χ1v) is 9.83. The zero-order chi connectivity index (χ0) is 21.9. The zero-order valence-corrected chi connectivity index (χ0v) is 17.3. The van der Waals surface area contributed by atoms with Crippen LogP contribution in [0, 0.1) is 0 Å². The molecule has 3 rings (SSSR count). The molecule has 0 radical (unpaired) electrons. The number of carboxylic acid groups (broad SMARTS) is 1. The molecule has 0 fully saturated rings. The molecule has 0 aromatic heterocycles. The topological polar surface area (TPSA) is 105 Å². The maximum absolute atomic E-state index is 12.3. The number of hydrogen-bond donors (Lipinski definition) is 3. The van der Waals surface area contributed by atoms with Crippen LogP contribution in [0.1, 0.15) is 44.2 Å². The van der Waals surface area contributed by atoms with Gasteiger partial charge in [0.15, 0.2) is 0 Å². The van der Waals surface area contributed by atoms with Crippen LogP contribution in [-0.2, 0) is 14.3 Å².